The second-order valence-electron chi connectivity index (χ2n) is 7.06. The standard InChI is InChI=1S/C20H21F3N4O/c1-28-16-7-5-15(6-8-16)25-18-9-10-19-24-12-17(27(19)26-18)13-3-2-4-14(11-13)20(21,22)23/h2-4,9-12,15-16H,5-8H2,1H3,(H,25,26). The molecule has 0 bridgehead atoms. The number of fused-ring (bicyclic) bond motifs is 1. The molecule has 1 fully saturated rings. The van der Waals surface area contributed by atoms with Crippen molar-refractivity contribution in [2.75, 3.05) is 12.4 Å². The molecule has 5 nitrogen and oxygen atoms in total. The minimum Gasteiger partial charge on any atom is -0.381 e. The van der Waals surface area contributed by atoms with E-state index < -0.39 is 11.7 Å². The monoisotopic (exact) mass is 390 g/mol. The fraction of sp³-hybridized carbons (Fsp3) is 0.400. The molecule has 1 aliphatic rings. The van der Waals surface area contributed by atoms with E-state index in [1.54, 1.807) is 23.9 Å². The van der Waals surface area contributed by atoms with Crippen LogP contribution in [0, 0.1) is 0 Å². The van der Waals surface area contributed by atoms with Crippen molar-refractivity contribution in [1.82, 2.24) is 14.6 Å². The summed E-state index contributed by atoms with van der Waals surface area (Å²) in [4.78, 5) is 4.27. The van der Waals surface area contributed by atoms with Crippen LogP contribution in [0.4, 0.5) is 19.0 Å². The largest absolute Gasteiger partial charge is 0.416 e. The predicted octanol–water partition coefficient (Wildman–Crippen LogP) is 4.78. The number of nitrogens with zero attached hydrogens (tertiary/aromatic N) is 3. The summed E-state index contributed by atoms with van der Waals surface area (Å²) < 4.78 is 46.1. The minimum absolute atomic E-state index is 0.303. The zero-order valence-electron chi connectivity index (χ0n) is 15.4. The van der Waals surface area contributed by atoms with Gasteiger partial charge >= 0.3 is 6.18 Å². The molecule has 2 heterocycles. The van der Waals surface area contributed by atoms with E-state index in [9.17, 15) is 13.2 Å². The number of halogens is 3. The summed E-state index contributed by atoms with van der Waals surface area (Å²) >= 11 is 0. The van der Waals surface area contributed by atoms with Crippen LogP contribution in [0.1, 0.15) is 31.2 Å². The van der Waals surface area contributed by atoms with Gasteiger partial charge in [-0.3, -0.25) is 0 Å². The maximum atomic E-state index is 13.0. The summed E-state index contributed by atoms with van der Waals surface area (Å²) in [6.45, 7) is 0. The lowest BCUT2D eigenvalue weighted by Gasteiger charge is -2.28. The van der Waals surface area contributed by atoms with Crippen LogP contribution in [0.25, 0.3) is 16.9 Å². The highest BCUT2D eigenvalue weighted by Crippen LogP contribution is 2.32. The van der Waals surface area contributed by atoms with Gasteiger partial charge in [-0.2, -0.15) is 13.2 Å². The summed E-state index contributed by atoms with van der Waals surface area (Å²) in [6, 6.07) is 9.17. The first kappa shape index (κ1) is 18.7. The van der Waals surface area contributed by atoms with Crippen molar-refractivity contribution >= 4 is 11.5 Å². The topological polar surface area (TPSA) is 51.5 Å². The first-order valence-corrected chi connectivity index (χ1v) is 9.26. The zero-order chi connectivity index (χ0) is 19.7. The molecular formula is C20H21F3N4O. The van der Waals surface area contributed by atoms with E-state index in [0.29, 0.717) is 34.9 Å². The van der Waals surface area contributed by atoms with Gasteiger partial charge in [0.1, 0.15) is 5.82 Å². The molecule has 1 aromatic carbocycles. The minimum atomic E-state index is -4.39. The lowest BCUT2D eigenvalue weighted by Crippen LogP contribution is -2.29. The summed E-state index contributed by atoms with van der Waals surface area (Å²) in [5, 5.41) is 7.99. The average molecular weight is 390 g/mol. The molecule has 0 radical (unpaired) electrons. The molecule has 1 N–H and O–H groups in total. The number of hydrogen-bond donors (Lipinski definition) is 1. The van der Waals surface area contributed by atoms with Crippen LogP contribution in [0.5, 0.6) is 0 Å². The highest BCUT2D eigenvalue weighted by molar-refractivity contribution is 5.64. The smallest absolute Gasteiger partial charge is 0.381 e. The average Bonchev–Trinajstić information content (AvgIpc) is 3.11. The van der Waals surface area contributed by atoms with Gasteiger partial charge in [-0.15, -0.1) is 5.10 Å². The molecule has 3 aromatic rings. The van der Waals surface area contributed by atoms with Crippen LogP contribution >= 0.6 is 0 Å². The number of imidazole rings is 1. The van der Waals surface area contributed by atoms with Gasteiger partial charge in [0, 0.05) is 18.7 Å². The molecule has 2 aromatic heterocycles. The highest BCUT2D eigenvalue weighted by atomic mass is 19.4. The molecule has 28 heavy (non-hydrogen) atoms. The van der Waals surface area contributed by atoms with Gasteiger partial charge in [0.15, 0.2) is 5.65 Å². The lowest BCUT2D eigenvalue weighted by atomic mass is 9.93. The molecule has 4 rings (SSSR count). The quantitative estimate of drug-likeness (QED) is 0.696. The summed E-state index contributed by atoms with van der Waals surface area (Å²) in [6.07, 6.45) is 1.44. The first-order chi connectivity index (χ1) is 13.4. The number of methoxy groups -OCH3 is 1. The van der Waals surface area contributed by atoms with Crippen molar-refractivity contribution in [3.8, 4) is 11.3 Å². The predicted molar refractivity (Wildman–Crippen MR) is 100 cm³/mol. The lowest BCUT2D eigenvalue weighted by molar-refractivity contribution is -0.137. The number of alkyl halides is 3. The van der Waals surface area contributed by atoms with Gasteiger partial charge in [-0.25, -0.2) is 9.50 Å². The molecule has 1 aliphatic carbocycles. The van der Waals surface area contributed by atoms with Gasteiger partial charge in [-0.05, 0) is 49.9 Å². The maximum Gasteiger partial charge on any atom is 0.416 e. The van der Waals surface area contributed by atoms with E-state index >= 15 is 0 Å². The fourth-order valence-corrected chi connectivity index (χ4v) is 3.65. The Labute approximate surface area is 160 Å². The van der Waals surface area contributed by atoms with Gasteiger partial charge < -0.3 is 10.1 Å². The van der Waals surface area contributed by atoms with E-state index in [1.807, 2.05) is 12.1 Å². The number of hydrogen-bond acceptors (Lipinski definition) is 4. The number of nitrogens with one attached hydrogen (secondary N) is 1. The Hall–Kier alpha value is -2.61. The van der Waals surface area contributed by atoms with Gasteiger partial charge in [0.25, 0.3) is 0 Å². The van der Waals surface area contributed by atoms with Crippen LogP contribution in [0.2, 0.25) is 0 Å². The van der Waals surface area contributed by atoms with E-state index in [1.165, 1.54) is 6.07 Å². The van der Waals surface area contributed by atoms with E-state index in [4.69, 9.17) is 4.74 Å². The third kappa shape index (κ3) is 3.82. The molecule has 0 aliphatic heterocycles. The Morgan fingerprint density at radius 3 is 2.61 bits per heavy atom. The molecule has 148 valence electrons. The van der Waals surface area contributed by atoms with Crippen molar-refractivity contribution in [1.29, 1.82) is 0 Å². The van der Waals surface area contributed by atoms with Gasteiger partial charge in [0.05, 0.1) is 23.6 Å². The van der Waals surface area contributed by atoms with Crippen molar-refractivity contribution in [2.45, 2.75) is 44.0 Å². The Morgan fingerprint density at radius 2 is 1.89 bits per heavy atom. The molecular weight excluding hydrogens is 369 g/mol. The summed E-state index contributed by atoms with van der Waals surface area (Å²) in [5.41, 5.74) is 0.839. The van der Waals surface area contributed by atoms with Crippen molar-refractivity contribution in [3.05, 3.63) is 48.2 Å². The first-order valence-electron chi connectivity index (χ1n) is 9.26. The van der Waals surface area contributed by atoms with Crippen LogP contribution < -0.4 is 5.32 Å². The molecule has 8 heteroatoms. The third-order valence-electron chi connectivity index (χ3n) is 5.21. The molecule has 0 saturated heterocycles. The van der Waals surface area contributed by atoms with E-state index in [0.717, 1.165) is 37.8 Å². The number of rotatable bonds is 4. The Morgan fingerprint density at radius 1 is 1.11 bits per heavy atom. The molecule has 1 saturated carbocycles. The summed E-state index contributed by atoms with van der Waals surface area (Å²) in [5.74, 6) is 0.680. The molecule has 0 spiro atoms. The zero-order valence-corrected chi connectivity index (χ0v) is 15.4. The Bertz CT molecular complexity index is 961. The number of benzene rings is 1. The van der Waals surface area contributed by atoms with Crippen LogP contribution in [0.3, 0.4) is 0 Å². The Balaban J connectivity index is 1.60. The van der Waals surface area contributed by atoms with Crippen LogP contribution in [0.15, 0.2) is 42.6 Å². The summed E-state index contributed by atoms with van der Waals surface area (Å²) in [7, 11) is 1.74. The SMILES string of the molecule is COC1CCC(Nc2ccc3ncc(-c4cccc(C(F)(F)F)c4)n3n2)CC1. The van der Waals surface area contributed by atoms with E-state index in [2.05, 4.69) is 15.4 Å². The molecule has 0 atom stereocenters. The number of ether oxygens (including phenoxy) is 1. The van der Waals surface area contributed by atoms with Gasteiger partial charge in [0.2, 0.25) is 0 Å². The van der Waals surface area contributed by atoms with Crippen molar-refractivity contribution in [3.63, 3.8) is 0 Å². The van der Waals surface area contributed by atoms with Gasteiger partial charge in [-0.1, -0.05) is 12.1 Å². The van der Waals surface area contributed by atoms with E-state index in [-0.39, 0.29) is 0 Å². The fourth-order valence-electron chi connectivity index (χ4n) is 3.65. The molecule has 0 unspecified atom stereocenters. The Kier molecular flexibility index (Phi) is 4.97. The van der Waals surface area contributed by atoms with Crippen LogP contribution in [-0.4, -0.2) is 33.9 Å². The number of anilines is 1. The third-order valence-corrected chi connectivity index (χ3v) is 5.21. The molecule has 0 amide bonds. The normalized spacial score (nSPS) is 20.4. The second-order valence-corrected chi connectivity index (χ2v) is 7.06. The second kappa shape index (κ2) is 7.43. The number of aromatic nitrogens is 3. The highest BCUT2D eigenvalue weighted by Gasteiger charge is 2.30. The van der Waals surface area contributed by atoms with Crippen molar-refractivity contribution in [2.24, 2.45) is 0 Å². The van der Waals surface area contributed by atoms with Crippen LogP contribution in [-0.2, 0) is 10.9 Å². The maximum absolute atomic E-state index is 13.0. The van der Waals surface area contributed by atoms with Crippen molar-refractivity contribution < 1.29 is 17.9 Å².